The van der Waals surface area contributed by atoms with Gasteiger partial charge in [0.2, 0.25) is 11.8 Å². The number of halogens is 1. The Hall–Kier alpha value is -3.68. The Balaban J connectivity index is 0.837. The number of rotatable bonds is 11. The minimum atomic E-state index is -0.615. The van der Waals surface area contributed by atoms with Crippen molar-refractivity contribution in [3.63, 3.8) is 0 Å². The summed E-state index contributed by atoms with van der Waals surface area (Å²) in [6.45, 7) is 3.99. The number of anilines is 1. The molecule has 1 saturated carbocycles. The number of amides is 2. The summed E-state index contributed by atoms with van der Waals surface area (Å²) in [4.78, 5) is 45.9. The average molecular weight is 680 g/mol. The van der Waals surface area contributed by atoms with Gasteiger partial charge in [-0.1, -0.05) is 0 Å². The number of aromatic amines is 1. The minimum absolute atomic E-state index is 0.0305. The van der Waals surface area contributed by atoms with Crippen LogP contribution in [0.25, 0.3) is 10.9 Å². The van der Waals surface area contributed by atoms with E-state index in [1.165, 1.54) is 6.07 Å². The van der Waals surface area contributed by atoms with E-state index in [-0.39, 0.29) is 23.3 Å². The second-order valence-corrected chi connectivity index (χ2v) is 14.6. The fraction of sp³-hybridized carbons (Fsp3) is 0.543. The fourth-order valence-electron chi connectivity index (χ4n) is 6.92. The van der Waals surface area contributed by atoms with Crippen LogP contribution in [0.5, 0.6) is 11.5 Å². The van der Waals surface area contributed by atoms with Crippen LogP contribution in [0.4, 0.5) is 10.1 Å². The maximum absolute atomic E-state index is 15.0. The van der Waals surface area contributed by atoms with E-state index in [1.807, 2.05) is 24.3 Å². The van der Waals surface area contributed by atoms with E-state index in [0.717, 1.165) is 76.3 Å². The molecule has 3 saturated heterocycles. The van der Waals surface area contributed by atoms with Crippen molar-refractivity contribution in [1.82, 2.24) is 20.2 Å². The summed E-state index contributed by atoms with van der Waals surface area (Å²) < 4.78 is 32.6. The summed E-state index contributed by atoms with van der Waals surface area (Å²) in [7, 11) is 0. The van der Waals surface area contributed by atoms with E-state index >= 15 is 0 Å². The van der Waals surface area contributed by atoms with Gasteiger partial charge in [-0.2, -0.15) is 11.8 Å². The first-order chi connectivity index (χ1) is 23.4. The molecule has 0 radical (unpaired) electrons. The Labute approximate surface area is 282 Å². The molecule has 13 heteroatoms. The zero-order valence-electron chi connectivity index (χ0n) is 26.9. The molecule has 1 aromatic heterocycles. The van der Waals surface area contributed by atoms with Gasteiger partial charge in [-0.3, -0.25) is 19.7 Å². The molecule has 4 fully saturated rings. The lowest BCUT2D eigenvalue weighted by molar-refractivity contribution is -0.133. The van der Waals surface area contributed by atoms with E-state index < -0.39 is 17.4 Å². The zero-order valence-corrected chi connectivity index (χ0v) is 27.7. The summed E-state index contributed by atoms with van der Waals surface area (Å²) in [5, 5.41) is 6.00. The van der Waals surface area contributed by atoms with E-state index in [4.69, 9.17) is 14.2 Å². The van der Waals surface area contributed by atoms with Crippen molar-refractivity contribution in [3.8, 4) is 11.5 Å². The van der Waals surface area contributed by atoms with Crippen molar-refractivity contribution >= 4 is 40.2 Å². The number of carbonyl (C=O) groups excluding carboxylic acids is 2. The molecule has 2 amide bonds. The average Bonchev–Trinajstić information content (AvgIpc) is 3.07. The number of carbonyl (C=O) groups is 2. The monoisotopic (exact) mass is 679 g/mol. The number of imide groups is 1. The van der Waals surface area contributed by atoms with Crippen molar-refractivity contribution in [1.29, 1.82) is 0 Å². The number of nitrogens with zero attached hydrogens (tertiary/aromatic N) is 2. The van der Waals surface area contributed by atoms with Gasteiger partial charge in [0.25, 0.3) is 5.56 Å². The van der Waals surface area contributed by atoms with Gasteiger partial charge >= 0.3 is 0 Å². The first-order valence-electron chi connectivity index (χ1n) is 17.0. The van der Waals surface area contributed by atoms with Gasteiger partial charge in [0.05, 0.1) is 17.9 Å². The summed E-state index contributed by atoms with van der Waals surface area (Å²) in [6, 6.07) is 10.7. The molecule has 0 bridgehead atoms. The maximum Gasteiger partial charge on any atom is 0.261 e. The number of ether oxygens (including phenoxy) is 3. The number of likely N-dealkylation sites (tertiary alicyclic amines) is 1. The number of H-pyrrole nitrogens is 1. The second kappa shape index (κ2) is 14.8. The molecule has 1 unspecified atom stereocenters. The Bertz CT molecular complexity index is 1670. The summed E-state index contributed by atoms with van der Waals surface area (Å²) in [5.41, 5.74) is 0.686. The van der Waals surface area contributed by atoms with Crippen molar-refractivity contribution in [2.75, 3.05) is 38.2 Å². The highest BCUT2D eigenvalue weighted by atomic mass is 32.2. The topological polar surface area (TPSA) is 135 Å². The number of nitrogens with one attached hydrogen (secondary N) is 3. The van der Waals surface area contributed by atoms with E-state index in [0.29, 0.717) is 59.5 Å². The van der Waals surface area contributed by atoms with Gasteiger partial charge in [0.15, 0.2) is 0 Å². The highest BCUT2D eigenvalue weighted by molar-refractivity contribution is 7.99. The lowest BCUT2D eigenvalue weighted by atomic mass is 9.85. The Morgan fingerprint density at radius 1 is 1.00 bits per heavy atom. The predicted molar refractivity (Wildman–Crippen MR) is 181 cm³/mol. The van der Waals surface area contributed by atoms with Crippen LogP contribution in [0.2, 0.25) is 0 Å². The molecule has 48 heavy (non-hydrogen) atoms. The van der Waals surface area contributed by atoms with Gasteiger partial charge in [-0.15, -0.1) is 0 Å². The number of piperidine rings is 2. The quantitative estimate of drug-likeness (QED) is 0.251. The van der Waals surface area contributed by atoms with Crippen molar-refractivity contribution in [3.05, 3.63) is 58.4 Å². The van der Waals surface area contributed by atoms with Crippen LogP contribution in [-0.4, -0.2) is 83.0 Å². The summed E-state index contributed by atoms with van der Waals surface area (Å²) in [5.74, 6) is 1.57. The van der Waals surface area contributed by atoms with Crippen LogP contribution >= 0.6 is 11.8 Å². The van der Waals surface area contributed by atoms with E-state index in [1.54, 1.807) is 17.8 Å². The lowest BCUT2D eigenvalue weighted by Crippen LogP contribution is -2.52. The molecule has 1 atom stereocenters. The molecule has 11 nitrogen and oxygen atoms in total. The number of hydrogen-bond acceptors (Lipinski definition) is 10. The van der Waals surface area contributed by atoms with Crippen molar-refractivity contribution in [2.24, 2.45) is 5.92 Å². The van der Waals surface area contributed by atoms with Crippen LogP contribution < -0.4 is 25.7 Å². The molecule has 4 aliphatic rings. The summed E-state index contributed by atoms with van der Waals surface area (Å²) >= 11 is 1.75. The van der Waals surface area contributed by atoms with Crippen LogP contribution in [0.1, 0.15) is 57.2 Å². The van der Waals surface area contributed by atoms with Crippen LogP contribution in [0, 0.1) is 11.7 Å². The highest BCUT2D eigenvalue weighted by Crippen LogP contribution is 2.33. The molecule has 4 heterocycles. The molecular formula is C35H42FN5O6S. The molecule has 3 N–H and O–H groups in total. The molecular weight excluding hydrogens is 637 g/mol. The number of fused-ring (bicyclic) bond motifs is 1. The standard InChI is InChI=1S/C35H42FN5O6S/c36-28-17-25(18-30-33(28)35(44)39-31(38-30)20-48-27-9-13-45-14-10-27)46-19-21-7-11-41(12-8-21)23-15-26(16-23)47-24-3-1-22(2-4-24)37-29-5-6-32(42)40-34(29)43/h1-4,17-18,21,23,26-27,29,37H,5-16,19-20H2,(H,38,39,44)(H,40,42,43). The minimum Gasteiger partial charge on any atom is -0.493 e. The molecule has 3 aromatic rings. The Morgan fingerprint density at radius 3 is 2.52 bits per heavy atom. The van der Waals surface area contributed by atoms with Crippen LogP contribution in [-0.2, 0) is 20.1 Å². The Morgan fingerprint density at radius 2 is 1.77 bits per heavy atom. The normalized spacial score (nSPS) is 24.2. The maximum atomic E-state index is 15.0. The number of aromatic nitrogens is 2. The van der Waals surface area contributed by atoms with Crippen LogP contribution in [0.3, 0.4) is 0 Å². The molecule has 7 rings (SSSR count). The molecule has 2 aromatic carbocycles. The smallest absolute Gasteiger partial charge is 0.261 e. The summed E-state index contributed by atoms with van der Waals surface area (Å²) in [6.07, 6.45) is 6.94. The molecule has 3 aliphatic heterocycles. The fourth-order valence-corrected chi connectivity index (χ4v) is 7.98. The lowest BCUT2D eigenvalue weighted by Gasteiger charge is -2.45. The zero-order chi connectivity index (χ0) is 33.0. The third kappa shape index (κ3) is 7.95. The third-order valence-corrected chi connectivity index (χ3v) is 11.2. The van der Waals surface area contributed by atoms with Crippen molar-refractivity contribution < 1.29 is 28.2 Å². The van der Waals surface area contributed by atoms with Gasteiger partial charge in [-0.05, 0) is 75.4 Å². The van der Waals surface area contributed by atoms with Gasteiger partial charge in [0.1, 0.15) is 40.7 Å². The molecule has 0 spiro atoms. The predicted octanol–water partition coefficient (Wildman–Crippen LogP) is 4.39. The van der Waals surface area contributed by atoms with E-state index in [2.05, 4.69) is 25.5 Å². The van der Waals surface area contributed by atoms with Gasteiger partial charge in [-0.25, -0.2) is 9.37 Å². The largest absolute Gasteiger partial charge is 0.493 e. The van der Waals surface area contributed by atoms with Crippen molar-refractivity contribution in [2.45, 2.75) is 80.6 Å². The highest BCUT2D eigenvalue weighted by Gasteiger charge is 2.37. The first kappa shape index (κ1) is 32.8. The second-order valence-electron chi connectivity index (χ2n) is 13.3. The number of thioether (sulfide) groups is 1. The first-order valence-corrected chi connectivity index (χ1v) is 18.1. The number of benzene rings is 2. The van der Waals surface area contributed by atoms with Gasteiger partial charge in [0, 0.05) is 61.6 Å². The molecule has 256 valence electrons. The SMILES string of the molecule is O=C1CCC(Nc2ccc(OC3CC(N4CCC(COc5cc(F)c6c(=O)[nH]c(CSC7CCOCC7)nc6c5)CC4)C3)cc2)C(=O)N1. The molecule has 1 aliphatic carbocycles. The Kier molecular flexibility index (Phi) is 10.2. The van der Waals surface area contributed by atoms with Crippen LogP contribution in [0.15, 0.2) is 41.2 Å². The van der Waals surface area contributed by atoms with Gasteiger partial charge < -0.3 is 29.4 Å². The third-order valence-electron chi connectivity index (χ3n) is 9.87. The number of hydrogen-bond donors (Lipinski definition) is 3. The van der Waals surface area contributed by atoms with E-state index in [9.17, 15) is 18.8 Å².